The topological polar surface area (TPSA) is 9.23 Å². The molecule has 1 heteroatoms. The van der Waals surface area contributed by atoms with Crippen LogP contribution < -0.4 is 4.74 Å². The van der Waals surface area contributed by atoms with E-state index in [4.69, 9.17) is 4.74 Å². The van der Waals surface area contributed by atoms with Gasteiger partial charge in [0.05, 0.1) is 7.11 Å². The van der Waals surface area contributed by atoms with Gasteiger partial charge in [0.15, 0.2) is 0 Å². The van der Waals surface area contributed by atoms with E-state index in [-0.39, 0.29) is 0 Å². The molecule has 0 aromatic heterocycles. The van der Waals surface area contributed by atoms with Gasteiger partial charge in [-0.25, -0.2) is 0 Å². The van der Waals surface area contributed by atoms with Crippen LogP contribution in [-0.2, 0) is 6.42 Å². The lowest BCUT2D eigenvalue weighted by Gasteiger charge is -2.08. The molecule has 0 saturated heterocycles. The minimum absolute atomic E-state index is 0.901. The van der Waals surface area contributed by atoms with Crippen LogP contribution in [0.3, 0.4) is 0 Å². The molecule has 0 amide bonds. The number of ether oxygens (including phenoxy) is 1. The van der Waals surface area contributed by atoms with Gasteiger partial charge in [-0.1, -0.05) is 42.0 Å². The second-order valence-corrected chi connectivity index (χ2v) is 3.90. The van der Waals surface area contributed by atoms with Gasteiger partial charge in [0.25, 0.3) is 0 Å². The number of benzene rings is 2. The lowest BCUT2D eigenvalue weighted by atomic mass is 10.0. The maximum atomic E-state index is 5.31. The zero-order valence-electron chi connectivity index (χ0n) is 9.66. The normalized spacial score (nSPS) is 10.1. The van der Waals surface area contributed by atoms with Crippen LogP contribution >= 0.6 is 0 Å². The van der Waals surface area contributed by atoms with Crippen molar-refractivity contribution in [1.29, 1.82) is 0 Å². The molecule has 0 atom stereocenters. The van der Waals surface area contributed by atoms with Gasteiger partial charge in [-0.2, -0.15) is 0 Å². The predicted octanol–water partition coefficient (Wildman–Crippen LogP) is 3.39. The zero-order valence-corrected chi connectivity index (χ0v) is 9.66. The van der Waals surface area contributed by atoms with Crippen molar-refractivity contribution in [3.05, 3.63) is 65.2 Å². The highest BCUT2D eigenvalue weighted by atomic mass is 16.5. The van der Waals surface area contributed by atoms with E-state index in [1.807, 2.05) is 12.1 Å². The van der Waals surface area contributed by atoms with E-state index in [0.717, 1.165) is 12.2 Å². The first-order chi connectivity index (χ1) is 7.79. The largest absolute Gasteiger partial charge is 0.496 e. The summed E-state index contributed by atoms with van der Waals surface area (Å²) < 4.78 is 5.31. The molecule has 0 fully saturated rings. The summed E-state index contributed by atoms with van der Waals surface area (Å²) in [6, 6.07) is 17.5. The van der Waals surface area contributed by atoms with E-state index >= 15 is 0 Å². The third-order valence-corrected chi connectivity index (χ3v) is 2.65. The van der Waals surface area contributed by atoms with E-state index < -0.39 is 0 Å². The molecule has 0 saturated carbocycles. The molecule has 0 unspecified atom stereocenters. The molecule has 81 valence electrons. The Kier molecular flexibility index (Phi) is 3.25. The first-order valence-corrected chi connectivity index (χ1v) is 5.38. The standard InChI is InChI=1S/C15H15O/c1-12-7-9-13(10-8-12)11-14-5-3-4-6-15(14)16-2/h3,5-10H,11H2,1-2H3. The van der Waals surface area contributed by atoms with E-state index in [9.17, 15) is 0 Å². The Hall–Kier alpha value is -1.76. The van der Waals surface area contributed by atoms with Gasteiger partial charge in [-0.3, -0.25) is 0 Å². The predicted molar refractivity (Wildman–Crippen MR) is 65.8 cm³/mol. The molecule has 2 rings (SSSR count). The molecule has 2 aromatic carbocycles. The lowest BCUT2D eigenvalue weighted by Crippen LogP contribution is -1.93. The van der Waals surface area contributed by atoms with Gasteiger partial charge in [-0.05, 0) is 30.2 Å². The second kappa shape index (κ2) is 4.84. The minimum Gasteiger partial charge on any atom is -0.496 e. The summed E-state index contributed by atoms with van der Waals surface area (Å²) in [4.78, 5) is 0. The summed E-state index contributed by atoms with van der Waals surface area (Å²) in [7, 11) is 1.70. The summed E-state index contributed by atoms with van der Waals surface area (Å²) in [5.41, 5.74) is 3.79. The van der Waals surface area contributed by atoms with Crippen molar-refractivity contribution >= 4 is 0 Å². The van der Waals surface area contributed by atoms with Crippen molar-refractivity contribution in [3.63, 3.8) is 0 Å². The molecule has 0 aliphatic carbocycles. The Morgan fingerprint density at radius 3 is 2.56 bits per heavy atom. The van der Waals surface area contributed by atoms with Crippen molar-refractivity contribution < 1.29 is 4.74 Å². The van der Waals surface area contributed by atoms with Crippen molar-refractivity contribution in [2.45, 2.75) is 13.3 Å². The third-order valence-electron chi connectivity index (χ3n) is 2.65. The fraction of sp³-hybridized carbons (Fsp3) is 0.200. The monoisotopic (exact) mass is 211 g/mol. The summed E-state index contributed by atoms with van der Waals surface area (Å²) in [5.74, 6) is 0.906. The summed E-state index contributed by atoms with van der Waals surface area (Å²) in [5, 5.41) is 0. The Balaban J connectivity index is 2.23. The Morgan fingerprint density at radius 2 is 1.88 bits per heavy atom. The Bertz CT molecular complexity index is 457. The molecule has 1 radical (unpaired) electrons. The minimum atomic E-state index is 0.901. The van der Waals surface area contributed by atoms with E-state index in [1.54, 1.807) is 7.11 Å². The number of methoxy groups -OCH3 is 1. The van der Waals surface area contributed by atoms with Crippen LogP contribution in [0.25, 0.3) is 0 Å². The molecule has 0 aliphatic heterocycles. The molecule has 0 bridgehead atoms. The SMILES string of the molecule is COc1c[c]ccc1Cc1ccc(C)cc1. The fourth-order valence-electron chi connectivity index (χ4n) is 1.71. The highest BCUT2D eigenvalue weighted by molar-refractivity contribution is 5.37. The molecule has 0 heterocycles. The Morgan fingerprint density at radius 1 is 1.12 bits per heavy atom. The van der Waals surface area contributed by atoms with Crippen LogP contribution in [0, 0.1) is 13.0 Å². The van der Waals surface area contributed by atoms with Gasteiger partial charge in [-0.15, -0.1) is 0 Å². The Labute approximate surface area is 96.7 Å². The maximum absolute atomic E-state index is 5.31. The van der Waals surface area contributed by atoms with Crippen LogP contribution in [-0.4, -0.2) is 7.11 Å². The summed E-state index contributed by atoms with van der Waals surface area (Å²) in [6.07, 6.45) is 0.901. The first kappa shape index (κ1) is 10.7. The van der Waals surface area contributed by atoms with Crippen LogP contribution in [0.2, 0.25) is 0 Å². The highest BCUT2D eigenvalue weighted by Crippen LogP contribution is 2.20. The maximum Gasteiger partial charge on any atom is 0.123 e. The quantitative estimate of drug-likeness (QED) is 0.756. The second-order valence-electron chi connectivity index (χ2n) is 3.90. The van der Waals surface area contributed by atoms with Crippen molar-refractivity contribution in [3.8, 4) is 5.75 Å². The summed E-state index contributed by atoms with van der Waals surface area (Å²) >= 11 is 0. The van der Waals surface area contributed by atoms with E-state index in [0.29, 0.717) is 0 Å². The number of aryl methyl sites for hydroxylation is 1. The highest BCUT2D eigenvalue weighted by Gasteiger charge is 2.02. The summed E-state index contributed by atoms with van der Waals surface area (Å²) in [6.45, 7) is 2.10. The van der Waals surface area contributed by atoms with Crippen LogP contribution in [0.1, 0.15) is 16.7 Å². The van der Waals surface area contributed by atoms with Gasteiger partial charge >= 0.3 is 0 Å². The first-order valence-electron chi connectivity index (χ1n) is 5.38. The fourth-order valence-corrected chi connectivity index (χ4v) is 1.71. The van der Waals surface area contributed by atoms with Crippen molar-refractivity contribution in [2.24, 2.45) is 0 Å². The van der Waals surface area contributed by atoms with Gasteiger partial charge in [0, 0.05) is 6.42 Å². The molecule has 2 aromatic rings. The van der Waals surface area contributed by atoms with Crippen molar-refractivity contribution in [2.75, 3.05) is 7.11 Å². The molecular weight excluding hydrogens is 196 g/mol. The van der Waals surface area contributed by atoms with E-state index in [1.165, 1.54) is 16.7 Å². The molecule has 0 N–H and O–H groups in total. The molecule has 0 spiro atoms. The smallest absolute Gasteiger partial charge is 0.123 e. The molecule has 16 heavy (non-hydrogen) atoms. The van der Waals surface area contributed by atoms with Crippen LogP contribution in [0.5, 0.6) is 5.75 Å². The molecule has 1 nitrogen and oxygen atoms in total. The van der Waals surface area contributed by atoms with Crippen molar-refractivity contribution in [1.82, 2.24) is 0 Å². The molecular formula is C15H15O. The third kappa shape index (κ3) is 2.43. The van der Waals surface area contributed by atoms with Crippen LogP contribution in [0.15, 0.2) is 42.5 Å². The lowest BCUT2D eigenvalue weighted by molar-refractivity contribution is 0.410. The molecule has 0 aliphatic rings. The zero-order chi connectivity index (χ0) is 11.4. The van der Waals surface area contributed by atoms with Gasteiger partial charge in [0.1, 0.15) is 5.75 Å². The van der Waals surface area contributed by atoms with Gasteiger partial charge < -0.3 is 4.74 Å². The average molecular weight is 211 g/mol. The van der Waals surface area contributed by atoms with Crippen LogP contribution in [0.4, 0.5) is 0 Å². The van der Waals surface area contributed by atoms with E-state index in [2.05, 4.69) is 43.3 Å². The van der Waals surface area contributed by atoms with Gasteiger partial charge in [0.2, 0.25) is 0 Å². The number of rotatable bonds is 3. The number of hydrogen-bond acceptors (Lipinski definition) is 1. The average Bonchev–Trinajstić information content (AvgIpc) is 2.33. The number of hydrogen-bond donors (Lipinski definition) is 0.